The van der Waals surface area contributed by atoms with Gasteiger partial charge >= 0.3 is 0 Å². The second-order valence-corrected chi connectivity index (χ2v) is 6.21. The molecule has 2 N–H and O–H groups in total. The van der Waals surface area contributed by atoms with E-state index in [1.807, 2.05) is 18.2 Å². The molecule has 98 valence electrons. The lowest BCUT2D eigenvalue weighted by atomic mass is 9.82. The smallest absolute Gasteiger partial charge is 0.264 e. The maximum Gasteiger partial charge on any atom is 0.264 e. The Hall–Kier alpha value is -1.40. The highest BCUT2D eigenvalue weighted by molar-refractivity contribution is 7.85. The summed E-state index contributed by atoms with van der Waals surface area (Å²) in [6.45, 7) is -0.224. The third-order valence-corrected chi connectivity index (χ3v) is 3.89. The van der Waals surface area contributed by atoms with Crippen LogP contribution in [0.2, 0.25) is 0 Å². The van der Waals surface area contributed by atoms with Crippen LogP contribution in [0.15, 0.2) is 24.3 Å². The third kappa shape index (κ3) is 2.26. The molecule has 0 aliphatic heterocycles. The number of benzene rings is 1. The summed E-state index contributed by atoms with van der Waals surface area (Å²) in [5, 5.41) is 0. The van der Waals surface area contributed by atoms with Crippen LogP contribution < -0.4 is 5.73 Å². The minimum atomic E-state index is -3.59. The number of hydrogen-bond acceptors (Lipinski definition) is 4. The van der Waals surface area contributed by atoms with Gasteiger partial charge in [-0.25, -0.2) is 0 Å². The van der Waals surface area contributed by atoms with Crippen LogP contribution in [0, 0.1) is 0 Å². The number of aryl methyl sites for hydroxylation is 1. The van der Waals surface area contributed by atoms with Gasteiger partial charge in [-0.1, -0.05) is 24.3 Å². The quantitative estimate of drug-likeness (QED) is 0.798. The van der Waals surface area contributed by atoms with E-state index in [9.17, 15) is 13.2 Å². The fourth-order valence-corrected chi connectivity index (χ4v) is 2.79. The van der Waals surface area contributed by atoms with E-state index in [2.05, 4.69) is 0 Å². The van der Waals surface area contributed by atoms with Crippen LogP contribution in [0.5, 0.6) is 0 Å². The van der Waals surface area contributed by atoms with Gasteiger partial charge in [-0.2, -0.15) is 8.42 Å². The van der Waals surface area contributed by atoms with Gasteiger partial charge in [-0.3, -0.25) is 8.98 Å². The number of rotatable bonds is 4. The highest BCUT2D eigenvalue weighted by Gasteiger charge is 2.44. The van der Waals surface area contributed by atoms with Crippen LogP contribution in [-0.4, -0.2) is 27.2 Å². The van der Waals surface area contributed by atoms with Gasteiger partial charge < -0.3 is 5.73 Å². The molecule has 1 amide bonds. The predicted octanol–water partition coefficient (Wildman–Crippen LogP) is 0.332. The molecule has 0 spiro atoms. The van der Waals surface area contributed by atoms with Crippen molar-refractivity contribution in [3.8, 4) is 0 Å². The normalized spacial score (nSPS) is 22.7. The van der Waals surface area contributed by atoms with Crippen molar-refractivity contribution in [2.45, 2.75) is 18.3 Å². The summed E-state index contributed by atoms with van der Waals surface area (Å²) in [5.74, 6) is -0.545. The molecule has 2 rings (SSSR count). The fourth-order valence-electron chi connectivity index (χ4n) is 2.37. The molecular weight excluding hydrogens is 254 g/mol. The molecule has 1 atom stereocenters. The Morgan fingerprint density at radius 2 is 2.11 bits per heavy atom. The van der Waals surface area contributed by atoms with Crippen molar-refractivity contribution in [2.75, 3.05) is 12.9 Å². The number of amides is 1. The number of primary amides is 1. The summed E-state index contributed by atoms with van der Waals surface area (Å²) >= 11 is 0. The Morgan fingerprint density at radius 1 is 1.44 bits per heavy atom. The molecule has 0 aromatic heterocycles. The molecular formula is C12H15NO4S. The topological polar surface area (TPSA) is 86.5 Å². The zero-order valence-electron chi connectivity index (χ0n) is 10.0. The van der Waals surface area contributed by atoms with Gasteiger partial charge in [0, 0.05) is 0 Å². The molecule has 0 fully saturated rings. The lowest BCUT2D eigenvalue weighted by molar-refractivity contribution is -0.124. The molecule has 0 saturated heterocycles. The van der Waals surface area contributed by atoms with Gasteiger partial charge in [0.1, 0.15) is 0 Å². The minimum Gasteiger partial charge on any atom is -0.369 e. The highest BCUT2D eigenvalue weighted by Crippen LogP contribution is 2.39. The maximum atomic E-state index is 11.8. The lowest BCUT2D eigenvalue weighted by Gasteiger charge is -2.25. The predicted molar refractivity (Wildman–Crippen MR) is 66.4 cm³/mol. The van der Waals surface area contributed by atoms with Crippen molar-refractivity contribution in [3.63, 3.8) is 0 Å². The van der Waals surface area contributed by atoms with E-state index >= 15 is 0 Å². The van der Waals surface area contributed by atoms with Crippen LogP contribution in [0.3, 0.4) is 0 Å². The largest absolute Gasteiger partial charge is 0.369 e. The first kappa shape index (κ1) is 13.0. The number of carbonyl (C=O) groups is 1. The van der Waals surface area contributed by atoms with Gasteiger partial charge in [-0.05, 0) is 24.0 Å². The van der Waals surface area contributed by atoms with Crippen LogP contribution >= 0.6 is 0 Å². The first-order valence-corrected chi connectivity index (χ1v) is 7.39. The molecule has 1 aromatic rings. The van der Waals surface area contributed by atoms with Crippen LogP contribution in [0.1, 0.15) is 17.5 Å². The van der Waals surface area contributed by atoms with Crippen molar-refractivity contribution in [1.82, 2.24) is 0 Å². The molecule has 0 saturated carbocycles. The summed E-state index contributed by atoms with van der Waals surface area (Å²) in [6.07, 6.45) is 2.14. The van der Waals surface area contributed by atoms with E-state index in [1.165, 1.54) is 0 Å². The van der Waals surface area contributed by atoms with Crippen molar-refractivity contribution in [2.24, 2.45) is 5.73 Å². The van der Waals surface area contributed by atoms with E-state index in [0.717, 1.165) is 17.4 Å². The molecule has 1 aliphatic rings. The Labute approximate surface area is 106 Å². The average Bonchev–Trinajstić information content (AvgIpc) is 2.66. The molecule has 5 nitrogen and oxygen atoms in total. The van der Waals surface area contributed by atoms with Crippen LogP contribution in [0.25, 0.3) is 0 Å². The Bertz CT molecular complexity index is 581. The zero-order chi connectivity index (χ0) is 13.4. The summed E-state index contributed by atoms with van der Waals surface area (Å²) < 4.78 is 27.0. The summed E-state index contributed by atoms with van der Waals surface area (Å²) in [7, 11) is -3.59. The van der Waals surface area contributed by atoms with Gasteiger partial charge in [0.05, 0.1) is 18.3 Å². The standard InChI is InChI=1S/C12H15NO4S/c1-18(15,16)17-8-12(11(13)14)7-6-9-4-2-3-5-10(9)12/h2-5H,6-8H2,1H3,(H2,13,14). The fraction of sp³-hybridized carbons (Fsp3) is 0.417. The Kier molecular flexibility index (Phi) is 3.16. The van der Waals surface area contributed by atoms with Crippen LogP contribution in [0.4, 0.5) is 0 Å². The number of nitrogens with two attached hydrogens (primary N) is 1. The lowest BCUT2D eigenvalue weighted by Crippen LogP contribution is -2.43. The second kappa shape index (κ2) is 4.37. The summed E-state index contributed by atoms with van der Waals surface area (Å²) in [5.41, 5.74) is 6.24. The van der Waals surface area contributed by atoms with Crippen molar-refractivity contribution in [1.29, 1.82) is 0 Å². The molecule has 1 aliphatic carbocycles. The van der Waals surface area contributed by atoms with Crippen molar-refractivity contribution in [3.05, 3.63) is 35.4 Å². The van der Waals surface area contributed by atoms with Gasteiger partial charge in [0.15, 0.2) is 0 Å². The third-order valence-electron chi connectivity index (χ3n) is 3.35. The Balaban J connectivity index is 2.39. The summed E-state index contributed by atoms with van der Waals surface area (Å²) in [4.78, 5) is 11.8. The average molecular weight is 269 g/mol. The van der Waals surface area contributed by atoms with Crippen molar-refractivity contribution < 1.29 is 17.4 Å². The van der Waals surface area contributed by atoms with Crippen molar-refractivity contribution >= 4 is 16.0 Å². The van der Waals surface area contributed by atoms with E-state index in [4.69, 9.17) is 9.92 Å². The molecule has 0 radical (unpaired) electrons. The molecule has 1 unspecified atom stereocenters. The monoisotopic (exact) mass is 269 g/mol. The van der Waals surface area contributed by atoms with E-state index in [-0.39, 0.29) is 6.61 Å². The molecule has 0 heterocycles. The Morgan fingerprint density at radius 3 is 2.72 bits per heavy atom. The molecule has 1 aromatic carbocycles. The van der Waals surface area contributed by atoms with E-state index in [0.29, 0.717) is 12.8 Å². The first-order valence-electron chi connectivity index (χ1n) is 5.58. The highest BCUT2D eigenvalue weighted by atomic mass is 32.2. The number of carbonyl (C=O) groups excluding carboxylic acids is 1. The second-order valence-electron chi connectivity index (χ2n) is 4.57. The van der Waals surface area contributed by atoms with E-state index < -0.39 is 21.4 Å². The van der Waals surface area contributed by atoms with Gasteiger partial charge in [-0.15, -0.1) is 0 Å². The molecule has 18 heavy (non-hydrogen) atoms. The number of hydrogen-bond donors (Lipinski definition) is 1. The van der Waals surface area contributed by atoms with Gasteiger partial charge in [0.25, 0.3) is 10.1 Å². The maximum absolute atomic E-state index is 11.8. The zero-order valence-corrected chi connectivity index (χ0v) is 10.9. The first-order chi connectivity index (χ1) is 8.35. The molecule has 6 heteroatoms. The molecule has 0 bridgehead atoms. The van der Waals surface area contributed by atoms with Crippen LogP contribution in [-0.2, 0) is 30.9 Å². The van der Waals surface area contributed by atoms with Gasteiger partial charge in [0.2, 0.25) is 5.91 Å². The number of fused-ring (bicyclic) bond motifs is 1. The minimum absolute atomic E-state index is 0.224. The summed E-state index contributed by atoms with van der Waals surface area (Å²) in [6, 6.07) is 7.41. The van der Waals surface area contributed by atoms with E-state index in [1.54, 1.807) is 6.07 Å². The SMILES string of the molecule is CS(=O)(=O)OCC1(C(N)=O)CCc2ccccc21.